The Morgan fingerprint density at radius 1 is 1.03 bits per heavy atom. The molecule has 2 fully saturated rings. The van der Waals surface area contributed by atoms with Gasteiger partial charge in [-0.2, -0.15) is 0 Å². The number of aliphatic hydroxyl groups excluding tert-OH is 1. The fraction of sp³-hybridized carbons (Fsp3) is 0.385. The summed E-state index contributed by atoms with van der Waals surface area (Å²) in [6.45, 7) is 6.04. The number of Topliss-reactive ketones (excluding diaryl/α,β-unsaturated/α-hetero) is 1. The van der Waals surface area contributed by atoms with Crippen molar-refractivity contribution in [3.8, 4) is 5.75 Å². The molecule has 7 nitrogen and oxygen atoms in total. The molecule has 1 amide bonds. The summed E-state index contributed by atoms with van der Waals surface area (Å²) < 4.78 is 10.6. The molecular weight excluding hydrogens is 420 g/mol. The molecule has 0 radical (unpaired) electrons. The molecule has 1 atom stereocenters. The Kier molecular flexibility index (Phi) is 7.11. The third-order valence-electron chi connectivity index (χ3n) is 6.37. The molecule has 1 N–H and O–H groups in total. The third-order valence-corrected chi connectivity index (χ3v) is 6.37. The monoisotopic (exact) mass is 450 g/mol. The fourth-order valence-corrected chi connectivity index (χ4v) is 4.37. The average Bonchev–Trinajstić information content (AvgIpc) is 3.12. The predicted molar refractivity (Wildman–Crippen MR) is 125 cm³/mol. The second-order valence-electron chi connectivity index (χ2n) is 8.27. The zero-order valence-electron chi connectivity index (χ0n) is 19.1. The first kappa shape index (κ1) is 23.0. The van der Waals surface area contributed by atoms with Crippen LogP contribution >= 0.6 is 0 Å². The molecule has 4 rings (SSSR count). The van der Waals surface area contributed by atoms with Crippen LogP contribution in [0.5, 0.6) is 5.75 Å². The number of amides is 1. The van der Waals surface area contributed by atoms with Gasteiger partial charge in [0.2, 0.25) is 0 Å². The van der Waals surface area contributed by atoms with E-state index in [1.807, 2.05) is 24.3 Å². The van der Waals surface area contributed by atoms with Crippen LogP contribution in [0.15, 0.2) is 54.1 Å². The standard InChI is InChI=1S/C26H30N2O5/c1-3-18-4-6-19(7-5-18)23-22(24(29)20-8-10-21(32-2)11-9-20)25(30)26(31)28(23)13-12-27-14-16-33-17-15-27/h4-11,23,29H,3,12-17H2,1-2H3/t23-/m1/s1. The molecule has 174 valence electrons. The highest BCUT2D eigenvalue weighted by Gasteiger charge is 2.46. The number of rotatable bonds is 7. The molecule has 0 aliphatic carbocycles. The summed E-state index contributed by atoms with van der Waals surface area (Å²) in [6, 6.07) is 14.1. The normalized spacial score (nSPS) is 20.9. The zero-order valence-corrected chi connectivity index (χ0v) is 19.1. The quantitative estimate of drug-likeness (QED) is 0.397. The van der Waals surface area contributed by atoms with Gasteiger partial charge in [0.15, 0.2) is 0 Å². The van der Waals surface area contributed by atoms with Crippen LogP contribution < -0.4 is 4.74 Å². The van der Waals surface area contributed by atoms with Gasteiger partial charge in [0.05, 0.1) is 31.9 Å². The Hall–Kier alpha value is -3.16. The van der Waals surface area contributed by atoms with Crippen molar-refractivity contribution in [2.45, 2.75) is 19.4 Å². The lowest BCUT2D eigenvalue weighted by molar-refractivity contribution is -0.140. The van der Waals surface area contributed by atoms with E-state index in [9.17, 15) is 14.7 Å². The van der Waals surface area contributed by atoms with E-state index in [1.54, 1.807) is 36.3 Å². The van der Waals surface area contributed by atoms with Crippen molar-refractivity contribution in [2.75, 3.05) is 46.5 Å². The van der Waals surface area contributed by atoms with Gasteiger partial charge >= 0.3 is 0 Å². The van der Waals surface area contributed by atoms with Gasteiger partial charge in [0.1, 0.15) is 11.5 Å². The molecule has 0 bridgehead atoms. The Labute approximate surface area is 194 Å². The molecule has 2 saturated heterocycles. The van der Waals surface area contributed by atoms with Crippen molar-refractivity contribution < 1.29 is 24.2 Å². The van der Waals surface area contributed by atoms with E-state index in [0.29, 0.717) is 37.6 Å². The number of morpholine rings is 1. The largest absolute Gasteiger partial charge is 0.507 e. The summed E-state index contributed by atoms with van der Waals surface area (Å²) in [7, 11) is 1.56. The maximum absolute atomic E-state index is 13.1. The topological polar surface area (TPSA) is 79.3 Å². The van der Waals surface area contributed by atoms with E-state index in [1.165, 1.54) is 5.56 Å². The van der Waals surface area contributed by atoms with Crippen LogP contribution in [0.4, 0.5) is 0 Å². The number of aryl methyl sites for hydroxylation is 1. The summed E-state index contributed by atoms with van der Waals surface area (Å²) in [5.74, 6) is -0.767. The Morgan fingerprint density at radius 2 is 1.70 bits per heavy atom. The first-order chi connectivity index (χ1) is 16.0. The van der Waals surface area contributed by atoms with Crippen LogP contribution in [0.2, 0.25) is 0 Å². The Balaban J connectivity index is 1.72. The van der Waals surface area contributed by atoms with Crippen molar-refractivity contribution in [1.82, 2.24) is 9.80 Å². The van der Waals surface area contributed by atoms with Gasteiger partial charge in [-0.1, -0.05) is 31.2 Å². The van der Waals surface area contributed by atoms with Crippen molar-refractivity contribution in [3.63, 3.8) is 0 Å². The van der Waals surface area contributed by atoms with E-state index in [2.05, 4.69) is 11.8 Å². The number of benzene rings is 2. The maximum Gasteiger partial charge on any atom is 0.295 e. The summed E-state index contributed by atoms with van der Waals surface area (Å²) in [6.07, 6.45) is 0.892. The lowest BCUT2D eigenvalue weighted by Gasteiger charge is -2.31. The number of carbonyl (C=O) groups is 2. The first-order valence-corrected chi connectivity index (χ1v) is 11.3. The smallest absolute Gasteiger partial charge is 0.295 e. The van der Waals surface area contributed by atoms with E-state index in [4.69, 9.17) is 9.47 Å². The van der Waals surface area contributed by atoms with Crippen LogP contribution in [0.1, 0.15) is 29.7 Å². The van der Waals surface area contributed by atoms with E-state index in [0.717, 1.165) is 25.1 Å². The van der Waals surface area contributed by atoms with E-state index in [-0.39, 0.29) is 11.3 Å². The van der Waals surface area contributed by atoms with Crippen LogP contribution in [0.25, 0.3) is 5.76 Å². The number of methoxy groups -OCH3 is 1. The van der Waals surface area contributed by atoms with Crippen molar-refractivity contribution >= 4 is 17.4 Å². The summed E-state index contributed by atoms with van der Waals surface area (Å²) >= 11 is 0. The Bertz CT molecular complexity index is 1020. The second-order valence-corrected chi connectivity index (χ2v) is 8.27. The lowest BCUT2D eigenvalue weighted by atomic mass is 9.94. The highest BCUT2D eigenvalue weighted by Crippen LogP contribution is 2.39. The highest BCUT2D eigenvalue weighted by atomic mass is 16.5. The van der Waals surface area contributed by atoms with Gasteiger partial charge in [0.25, 0.3) is 11.7 Å². The zero-order chi connectivity index (χ0) is 23.4. The first-order valence-electron chi connectivity index (χ1n) is 11.3. The molecule has 0 spiro atoms. The van der Waals surface area contributed by atoms with Crippen molar-refractivity contribution in [3.05, 3.63) is 70.8 Å². The van der Waals surface area contributed by atoms with E-state index < -0.39 is 17.7 Å². The highest BCUT2D eigenvalue weighted by molar-refractivity contribution is 6.46. The van der Waals surface area contributed by atoms with Gasteiger partial charge in [-0.3, -0.25) is 14.5 Å². The molecule has 7 heteroatoms. The van der Waals surface area contributed by atoms with Gasteiger partial charge in [-0.25, -0.2) is 0 Å². The molecule has 2 heterocycles. The molecular formula is C26H30N2O5. The van der Waals surface area contributed by atoms with Crippen LogP contribution in [-0.2, 0) is 20.7 Å². The van der Waals surface area contributed by atoms with Gasteiger partial charge < -0.3 is 19.5 Å². The van der Waals surface area contributed by atoms with Crippen molar-refractivity contribution in [1.29, 1.82) is 0 Å². The second kappa shape index (κ2) is 10.2. The molecule has 0 saturated carbocycles. The predicted octanol–water partition coefficient (Wildman–Crippen LogP) is 3.01. The SMILES string of the molecule is CCc1ccc([C@@H]2C(=C(O)c3ccc(OC)cc3)C(=O)C(=O)N2CCN2CCOCC2)cc1. The summed E-state index contributed by atoms with van der Waals surface area (Å²) in [5.41, 5.74) is 2.57. The summed E-state index contributed by atoms with van der Waals surface area (Å²) in [5, 5.41) is 11.2. The minimum atomic E-state index is -0.658. The molecule has 0 unspecified atom stereocenters. The van der Waals surface area contributed by atoms with Crippen LogP contribution in [0.3, 0.4) is 0 Å². The molecule has 0 aromatic heterocycles. The number of hydrogen-bond acceptors (Lipinski definition) is 6. The minimum absolute atomic E-state index is 0.122. The molecule has 2 aromatic rings. The van der Waals surface area contributed by atoms with Gasteiger partial charge in [0, 0.05) is 31.7 Å². The lowest BCUT2D eigenvalue weighted by Crippen LogP contribution is -2.42. The van der Waals surface area contributed by atoms with Crippen LogP contribution in [0, 0.1) is 0 Å². The molecule has 2 aliphatic rings. The van der Waals surface area contributed by atoms with Gasteiger partial charge in [-0.05, 0) is 41.8 Å². The number of likely N-dealkylation sites (tertiary alicyclic amines) is 1. The van der Waals surface area contributed by atoms with Crippen LogP contribution in [-0.4, -0.2) is 73.1 Å². The molecule has 2 aliphatic heterocycles. The minimum Gasteiger partial charge on any atom is -0.507 e. The fourth-order valence-electron chi connectivity index (χ4n) is 4.37. The van der Waals surface area contributed by atoms with Gasteiger partial charge in [-0.15, -0.1) is 0 Å². The molecule has 33 heavy (non-hydrogen) atoms. The Morgan fingerprint density at radius 3 is 2.30 bits per heavy atom. The van der Waals surface area contributed by atoms with Crippen molar-refractivity contribution in [2.24, 2.45) is 0 Å². The number of carbonyl (C=O) groups excluding carboxylic acids is 2. The number of nitrogens with zero attached hydrogens (tertiary/aromatic N) is 2. The average molecular weight is 451 g/mol. The number of aliphatic hydroxyl groups is 1. The molecule has 2 aromatic carbocycles. The number of ether oxygens (including phenoxy) is 2. The van der Waals surface area contributed by atoms with E-state index >= 15 is 0 Å². The summed E-state index contributed by atoms with van der Waals surface area (Å²) in [4.78, 5) is 30.1. The third kappa shape index (κ3) is 4.79. The number of hydrogen-bond donors (Lipinski definition) is 1. The maximum atomic E-state index is 13.1. The number of ketones is 1.